The maximum Gasteiger partial charge on any atom is 0.319 e. The van der Waals surface area contributed by atoms with Crippen molar-refractivity contribution in [3.8, 4) is 5.75 Å². The van der Waals surface area contributed by atoms with Gasteiger partial charge in [0.2, 0.25) is 0 Å². The first-order valence-electron chi connectivity index (χ1n) is 14.8. The summed E-state index contributed by atoms with van der Waals surface area (Å²) in [5.41, 5.74) is 0.755. The van der Waals surface area contributed by atoms with Gasteiger partial charge in [0.05, 0.1) is 30.4 Å². The lowest BCUT2D eigenvalue weighted by atomic mass is 10.0. The lowest BCUT2D eigenvalue weighted by Gasteiger charge is -2.36. The van der Waals surface area contributed by atoms with Gasteiger partial charge in [-0.15, -0.1) is 0 Å². The number of nitrogens with zero attached hydrogens (tertiary/aromatic N) is 2. The molecule has 5 amide bonds. The van der Waals surface area contributed by atoms with Crippen LogP contribution in [0.5, 0.6) is 5.75 Å². The molecule has 232 valence electrons. The molecule has 4 atom stereocenters. The maximum absolute atomic E-state index is 14.1. The molecule has 2 rings (SSSR count). The first-order valence-corrected chi connectivity index (χ1v) is 14.8. The van der Waals surface area contributed by atoms with E-state index in [4.69, 9.17) is 9.47 Å². The van der Waals surface area contributed by atoms with Crippen LogP contribution in [0.15, 0.2) is 18.2 Å². The summed E-state index contributed by atoms with van der Waals surface area (Å²) in [6, 6.07) is 3.95. The number of nitrogens with one attached hydrogen (secondary N) is 3. The summed E-state index contributed by atoms with van der Waals surface area (Å²) >= 11 is 0. The normalized spacial score (nSPS) is 21.4. The van der Waals surface area contributed by atoms with Crippen LogP contribution in [0.2, 0.25) is 0 Å². The van der Waals surface area contributed by atoms with Crippen LogP contribution in [0.25, 0.3) is 0 Å². The van der Waals surface area contributed by atoms with E-state index in [0.29, 0.717) is 30.2 Å². The Kier molecular flexibility index (Phi) is 13.7. The lowest BCUT2D eigenvalue weighted by molar-refractivity contribution is -0.0122. The van der Waals surface area contributed by atoms with E-state index in [1.807, 2.05) is 41.5 Å². The van der Waals surface area contributed by atoms with Crippen molar-refractivity contribution in [1.29, 1.82) is 0 Å². The predicted octanol–water partition coefficient (Wildman–Crippen LogP) is 4.06. The molecule has 1 aliphatic heterocycles. The number of carbonyl (C=O) groups excluding carboxylic acids is 3. The minimum absolute atomic E-state index is 0.00547. The van der Waals surface area contributed by atoms with Gasteiger partial charge < -0.3 is 40.3 Å². The zero-order valence-electron chi connectivity index (χ0n) is 26.0. The van der Waals surface area contributed by atoms with Gasteiger partial charge in [-0.2, -0.15) is 0 Å². The van der Waals surface area contributed by atoms with Crippen LogP contribution in [0.3, 0.4) is 0 Å². The Hall–Kier alpha value is -3.05. The summed E-state index contributed by atoms with van der Waals surface area (Å²) in [4.78, 5) is 42.3. The summed E-state index contributed by atoms with van der Waals surface area (Å²) in [6.45, 7) is 14.2. The van der Waals surface area contributed by atoms with Gasteiger partial charge in [0.25, 0.3) is 5.91 Å². The van der Waals surface area contributed by atoms with Gasteiger partial charge >= 0.3 is 12.1 Å². The number of hydrogen-bond donors (Lipinski definition) is 4. The van der Waals surface area contributed by atoms with Crippen molar-refractivity contribution in [3.63, 3.8) is 0 Å². The number of anilines is 1. The molecule has 0 fully saturated rings. The number of aliphatic hydroxyl groups is 1. The highest BCUT2D eigenvalue weighted by atomic mass is 16.5. The topological polar surface area (TPSA) is 132 Å². The van der Waals surface area contributed by atoms with Gasteiger partial charge in [-0.25, -0.2) is 9.59 Å². The van der Waals surface area contributed by atoms with Crippen LogP contribution in [-0.4, -0.2) is 96.6 Å². The number of amides is 5. The van der Waals surface area contributed by atoms with Gasteiger partial charge in [-0.3, -0.25) is 4.79 Å². The molecule has 4 N–H and O–H groups in total. The summed E-state index contributed by atoms with van der Waals surface area (Å²) < 4.78 is 12.5. The molecule has 0 aliphatic carbocycles. The van der Waals surface area contributed by atoms with Crippen molar-refractivity contribution < 1.29 is 29.0 Å². The number of urea groups is 2. The van der Waals surface area contributed by atoms with E-state index >= 15 is 0 Å². The van der Waals surface area contributed by atoms with Gasteiger partial charge in [0.15, 0.2) is 0 Å². The van der Waals surface area contributed by atoms with Crippen molar-refractivity contribution in [2.75, 3.05) is 38.7 Å². The smallest absolute Gasteiger partial charge is 0.319 e. The number of fused-ring (bicyclic) bond motifs is 1. The van der Waals surface area contributed by atoms with Crippen LogP contribution in [0.4, 0.5) is 15.3 Å². The zero-order valence-corrected chi connectivity index (χ0v) is 26.0. The summed E-state index contributed by atoms with van der Waals surface area (Å²) in [6.07, 6.45) is 1.98. The first-order chi connectivity index (χ1) is 19.3. The Morgan fingerprint density at radius 2 is 1.78 bits per heavy atom. The Balaban J connectivity index is 2.44. The quantitative estimate of drug-likeness (QED) is 0.386. The maximum atomic E-state index is 14.1. The molecule has 1 aromatic rings. The zero-order chi connectivity index (χ0) is 30.7. The first kappa shape index (κ1) is 34.2. The van der Waals surface area contributed by atoms with Crippen molar-refractivity contribution in [2.45, 2.75) is 98.1 Å². The SMILES string of the molecule is CC(C)NC(=O)Nc1ccc2c(c1)C(=O)N([C@@H](C)CO)C[C@@H](C)[C@@H](CN(C)C(=O)NC(C)C)OCCCC[C@H](C)O2. The third-order valence-corrected chi connectivity index (χ3v) is 6.94. The number of carbonyl (C=O) groups is 3. The van der Waals surface area contributed by atoms with Crippen molar-refractivity contribution in [1.82, 2.24) is 20.4 Å². The van der Waals surface area contributed by atoms with E-state index in [-0.39, 0.29) is 61.3 Å². The molecular formula is C30H51N5O6. The molecule has 0 spiro atoms. The van der Waals surface area contributed by atoms with Crippen molar-refractivity contribution in [2.24, 2.45) is 5.92 Å². The molecule has 1 aromatic carbocycles. The number of rotatable bonds is 7. The molecule has 11 nitrogen and oxygen atoms in total. The third kappa shape index (κ3) is 11.0. The average molecular weight is 578 g/mol. The molecule has 0 saturated heterocycles. The third-order valence-electron chi connectivity index (χ3n) is 6.94. The minimum Gasteiger partial charge on any atom is -0.490 e. The van der Waals surface area contributed by atoms with E-state index in [1.54, 1.807) is 42.0 Å². The summed E-state index contributed by atoms with van der Waals surface area (Å²) in [5.74, 6) is -0.0584. The van der Waals surface area contributed by atoms with Gasteiger partial charge in [0.1, 0.15) is 5.75 Å². The molecule has 1 heterocycles. The van der Waals surface area contributed by atoms with Gasteiger partial charge in [0, 0.05) is 50.4 Å². The lowest BCUT2D eigenvalue weighted by Crippen LogP contribution is -2.49. The minimum atomic E-state index is -0.494. The van der Waals surface area contributed by atoms with Gasteiger partial charge in [-0.1, -0.05) is 6.92 Å². The highest BCUT2D eigenvalue weighted by molar-refractivity contribution is 5.99. The predicted molar refractivity (Wildman–Crippen MR) is 160 cm³/mol. The molecule has 0 unspecified atom stereocenters. The molecule has 0 radical (unpaired) electrons. The van der Waals surface area contributed by atoms with Crippen LogP contribution < -0.4 is 20.7 Å². The second kappa shape index (κ2) is 16.4. The highest BCUT2D eigenvalue weighted by Gasteiger charge is 2.31. The molecule has 11 heteroatoms. The van der Waals surface area contributed by atoms with Crippen LogP contribution in [0, 0.1) is 5.92 Å². The van der Waals surface area contributed by atoms with Crippen molar-refractivity contribution in [3.05, 3.63) is 23.8 Å². The Morgan fingerprint density at radius 1 is 1.10 bits per heavy atom. The second-order valence-corrected chi connectivity index (χ2v) is 11.7. The van der Waals surface area contributed by atoms with Gasteiger partial charge in [-0.05, 0) is 79.0 Å². The molecule has 0 aromatic heterocycles. The monoisotopic (exact) mass is 577 g/mol. The molecule has 1 aliphatic rings. The number of benzene rings is 1. The largest absolute Gasteiger partial charge is 0.490 e. The van der Waals surface area contributed by atoms with E-state index in [1.165, 1.54) is 0 Å². The average Bonchev–Trinajstić information content (AvgIpc) is 2.89. The Morgan fingerprint density at radius 3 is 2.41 bits per heavy atom. The Labute approximate surface area is 245 Å². The highest BCUT2D eigenvalue weighted by Crippen LogP contribution is 2.28. The summed E-state index contributed by atoms with van der Waals surface area (Å²) in [5, 5.41) is 18.6. The standard InChI is InChI=1S/C30H51N5O6/c1-19(2)31-29(38)33-24-12-13-26-25(15-24)28(37)35(22(6)18-36)16-21(5)27(17-34(8)30(39)32-20(3)4)40-14-10-9-11-23(7)41-26/h12-13,15,19-23,27,36H,9-11,14,16-18H2,1-8H3,(H,32,39)(H2,31,33,38)/t21-,22+,23+,27-/m1/s1. The van der Waals surface area contributed by atoms with E-state index in [0.717, 1.165) is 19.3 Å². The molecule has 41 heavy (non-hydrogen) atoms. The molecule has 0 bridgehead atoms. The fourth-order valence-electron chi connectivity index (χ4n) is 4.60. The fraction of sp³-hybridized carbons (Fsp3) is 0.700. The summed E-state index contributed by atoms with van der Waals surface area (Å²) in [7, 11) is 1.73. The number of hydrogen-bond acceptors (Lipinski definition) is 6. The second-order valence-electron chi connectivity index (χ2n) is 11.7. The van der Waals surface area contributed by atoms with Crippen LogP contribution >= 0.6 is 0 Å². The van der Waals surface area contributed by atoms with Crippen molar-refractivity contribution >= 4 is 23.7 Å². The Bertz CT molecular complexity index is 1000. The van der Waals surface area contributed by atoms with E-state index < -0.39 is 6.04 Å². The number of aliphatic hydroxyl groups excluding tert-OH is 1. The fourth-order valence-corrected chi connectivity index (χ4v) is 4.60. The molecule has 0 saturated carbocycles. The van der Waals surface area contributed by atoms with Crippen LogP contribution in [-0.2, 0) is 4.74 Å². The van der Waals surface area contributed by atoms with Crippen LogP contribution in [0.1, 0.15) is 78.1 Å². The van der Waals surface area contributed by atoms with E-state index in [2.05, 4.69) is 16.0 Å². The molecular weight excluding hydrogens is 526 g/mol. The number of ether oxygens (including phenoxy) is 2. The number of likely N-dealkylation sites (N-methyl/N-ethyl adjacent to an activating group) is 1. The van der Waals surface area contributed by atoms with E-state index in [9.17, 15) is 19.5 Å².